The molecule has 3 rings (SSSR count). The van der Waals surface area contributed by atoms with E-state index in [-0.39, 0.29) is 11.8 Å². The number of carbonyl (C=O) groups excluding carboxylic acids is 1. The lowest BCUT2D eigenvalue weighted by atomic mass is 10.1. The molecule has 1 aromatic carbocycles. The highest BCUT2D eigenvalue weighted by molar-refractivity contribution is 5.92. The van der Waals surface area contributed by atoms with Crippen molar-refractivity contribution in [2.75, 3.05) is 49.3 Å². The minimum atomic E-state index is 0.0253. The summed E-state index contributed by atoms with van der Waals surface area (Å²) in [6.07, 6.45) is 1.89. The molecule has 0 spiro atoms. The van der Waals surface area contributed by atoms with Gasteiger partial charge in [-0.1, -0.05) is 32.0 Å². The zero-order chi connectivity index (χ0) is 20.8. The van der Waals surface area contributed by atoms with Crippen molar-refractivity contribution >= 4 is 23.5 Å². The number of benzene rings is 1. The van der Waals surface area contributed by atoms with Gasteiger partial charge >= 0.3 is 0 Å². The molecule has 1 aliphatic heterocycles. The largest absolute Gasteiger partial charge is 0.351 e. The molecule has 1 fully saturated rings. The first-order valence-corrected chi connectivity index (χ1v) is 10.2. The normalized spacial score (nSPS) is 15.3. The minimum Gasteiger partial charge on any atom is -0.351 e. The molecule has 2 N–H and O–H groups in total. The van der Waals surface area contributed by atoms with Crippen molar-refractivity contribution in [2.45, 2.75) is 38.6 Å². The van der Waals surface area contributed by atoms with Gasteiger partial charge in [0.25, 0.3) is 0 Å². The molecule has 8 heteroatoms. The Morgan fingerprint density at radius 2 is 1.83 bits per heavy atom. The van der Waals surface area contributed by atoms with Crippen LogP contribution < -0.4 is 15.5 Å². The summed E-state index contributed by atoms with van der Waals surface area (Å²) in [5.41, 5.74) is 0.835. The quantitative estimate of drug-likeness (QED) is 0.742. The number of anilines is 3. The number of rotatable bonds is 7. The van der Waals surface area contributed by atoms with E-state index < -0.39 is 0 Å². The van der Waals surface area contributed by atoms with Gasteiger partial charge in [-0.25, -0.2) is 0 Å². The van der Waals surface area contributed by atoms with E-state index in [0.29, 0.717) is 24.5 Å². The number of hydrogen-bond donors (Lipinski definition) is 2. The molecule has 1 saturated heterocycles. The molecule has 1 aliphatic rings. The van der Waals surface area contributed by atoms with Gasteiger partial charge in [0, 0.05) is 44.8 Å². The molecule has 0 atom stereocenters. The van der Waals surface area contributed by atoms with Crippen molar-refractivity contribution in [3.05, 3.63) is 36.2 Å². The predicted octanol–water partition coefficient (Wildman–Crippen LogP) is 2.58. The summed E-state index contributed by atoms with van der Waals surface area (Å²) in [4.78, 5) is 30.0. The SMILES string of the molecule is CC(C)c1nc(NC2CCN(CC(=O)Nc3ccccc3)CC2)nc(N(C)C)n1. The number of carbonyl (C=O) groups is 1. The second kappa shape index (κ2) is 9.65. The summed E-state index contributed by atoms with van der Waals surface area (Å²) >= 11 is 0. The van der Waals surface area contributed by atoms with Crippen molar-refractivity contribution in [1.29, 1.82) is 0 Å². The van der Waals surface area contributed by atoms with E-state index in [1.807, 2.05) is 49.3 Å². The maximum atomic E-state index is 12.3. The van der Waals surface area contributed by atoms with Crippen LogP contribution in [0.5, 0.6) is 0 Å². The Morgan fingerprint density at radius 1 is 1.14 bits per heavy atom. The van der Waals surface area contributed by atoms with E-state index in [1.165, 1.54) is 0 Å². The maximum Gasteiger partial charge on any atom is 0.238 e. The lowest BCUT2D eigenvalue weighted by molar-refractivity contribution is -0.117. The minimum absolute atomic E-state index is 0.0253. The summed E-state index contributed by atoms with van der Waals surface area (Å²) < 4.78 is 0. The Bertz CT molecular complexity index is 776. The summed E-state index contributed by atoms with van der Waals surface area (Å²) in [6.45, 7) is 6.30. The van der Waals surface area contributed by atoms with Crippen LogP contribution in [-0.2, 0) is 4.79 Å². The van der Waals surface area contributed by atoms with Gasteiger partial charge < -0.3 is 15.5 Å². The lowest BCUT2D eigenvalue weighted by Crippen LogP contribution is -2.42. The van der Waals surface area contributed by atoms with Crippen LogP contribution in [-0.4, -0.2) is 65.5 Å². The van der Waals surface area contributed by atoms with Crippen molar-refractivity contribution in [3.8, 4) is 0 Å². The molecule has 2 aromatic rings. The summed E-state index contributed by atoms with van der Waals surface area (Å²) in [6, 6.07) is 9.86. The van der Waals surface area contributed by atoms with Crippen LogP contribution in [0.4, 0.5) is 17.6 Å². The van der Waals surface area contributed by atoms with Crippen LogP contribution in [0, 0.1) is 0 Å². The first kappa shape index (κ1) is 21.0. The van der Waals surface area contributed by atoms with Gasteiger partial charge in [0.1, 0.15) is 5.82 Å². The Kier molecular flexibility index (Phi) is 6.98. The maximum absolute atomic E-state index is 12.3. The van der Waals surface area contributed by atoms with Gasteiger partial charge in [-0.05, 0) is 25.0 Å². The number of nitrogens with one attached hydrogen (secondary N) is 2. The fourth-order valence-corrected chi connectivity index (χ4v) is 3.25. The van der Waals surface area contributed by atoms with Crippen LogP contribution in [0.1, 0.15) is 38.4 Å². The molecule has 0 saturated carbocycles. The second-order valence-corrected chi connectivity index (χ2v) is 7.98. The molecule has 0 radical (unpaired) electrons. The topological polar surface area (TPSA) is 86.3 Å². The number of hydrogen-bond acceptors (Lipinski definition) is 7. The molecular formula is C21H31N7O. The average Bonchev–Trinajstić information content (AvgIpc) is 2.70. The third-order valence-corrected chi connectivity index (χ3v) is 4.90. The molecule has 156 valence electrons. The molecule has 1 amide bonds. The number of para-hydroxylation sites is 1. The highest BCUT2D eigenvalue weighted by atomic mass is 16.2. The number of likely N-dealkylation sites (tertiary alicyclic amines) is 1. The van der Waals surface area contributed by atoms with Crippen molar-refractivity contribution in [2.24, 2.45) is 0 Å². The fourth-order valence-electron chi connectivity index (χ4n) is 3.25. The Hall–Kier alpha value is -2.74. The standard InChI is InChI=1S/C21H31N7O/c1-15(2)19-24-20(26-21(25-19)27(3)4)23-17-10-12-28(13-11-17)14-18(29)22-16-8-6-5-7-9-16/h5-9,15,17H,10-14H2,1-4H3,(H,22,29)(H,23,24,25,26). The zero-order valence-corrected chi connectivity index (χ0v) is 17.7. The summed E-state index contributed by atoms with van der Waals surface area (Å²) in [7, 11) is 3.87. The molecule has 8 nitrogen and oxygen atoms in total. The van der Waals surface area contributed by atoms with Crippen LogP contribution in [0.2, 0.25) is 0 Å². The average molecular weight is 398 g/mol. The molecule has 0 aliphatic carbocycles. The molecule has 0 bridgehead atoms. The summed E-state index contributed by atoms with van der Waals surface area (Å²) in [5, 5.41) is 6.41. The highest BCUT2D eigenvalue weighted by Crippen LogP contribution is 2.18. The van der Waals surface area contributed by atoms with Crippen LogP contribution in [0.3, 0.4) is 0 Å². The Labute approximate surface area is 172 Å². The number of aromatic nitrogens is 3. The summed E-state index contributed by atoms with van der Waals surface area (Å²) in [5.74, 6) is 2.36. The Morgan fingerprint density at radius 3 is 2.45 bits per heavy atom. The van der Waals surface area contributed by atoms with E-state index in [4.69, 9.17) is 0 Å². The van der Waals surface area contributed by atoms with E-state index in [1.54, 1.807) is 0 Å². The van der Waals surface area contributed by atoms with Crippen LogP contribution >= 0.6 is 0 Å². The predicted molar refractivity (Wildman–Crippen MR) is 116 cm³/mol. The van der Waals surface area contributed by atoms with Crippen molar-refractivity contribution in [3.63, 3.8) is 0 Å². The number of amides is 1. The number of piperidine rings is 1. The van der Waals surface area contributed by atoms with Gasteiger partial charge in [0.15, 0.2) is 0 Å². The van der Waals surface area contributed by atoms with Gasteiger partial charge in [0.05, 0.1) is 6.54 Å². The van der Waals surface area contributed by atoms with Crippen LogP contribution in [0.25, 0.3) is 0 Å². The van der Waals surface area contributed by atoms with Gasteiger partial charge in [-0.3, -0.25) is 9.69 Å². The van der Waals surface area contributed by atoms with Crippen molar-refractivity contribution < 1.29 is 4.79 Å². The molecule has 1 aromatic heterocycles. The zero-order valence-electron chi connectivity index (χ0n) is 17.7. The third kappa shape index (κ3) is 6.12. The fraction of sp³-hybridized carbons (Fsp3) is 0.524. The van der Waals surface area contributed by atoms with E-state index in [2.05, 4.69) is 44.3 Å². The molecule has 0 unspecified atom stereocenters. The molecule has 29 heavy (non-hydrogen) atoms. The molecule has 2 heterocycles. The Balaban J connectivity index is 1.51. The highest BCUT2D eigenvalue weighted by Gasteiger charge is 2.22. The van der Waals surface area contributed by atoms with E-state index in [0.717, 1.165) is 37.4 Å². The smallest absolute Gasteiger partial charge is 0.238 e. The lowest BCUT2D eigenvalue weighted by Gasteiger charge is -2.32. The third-order valence-electron chi connectivity index (χ3n) is 4.90. The van der Waals surface area contributed by atoms with E-state index >= 15 is 0 Å². The first-order chi connectivity index (χ1) is 13.9. The second-order valence-electron chi connectivity index (χ2n) is 7.98. The molecular weight excluding hydrogens is 366 g/mol. The first-order valence-electron chi connectivity index (χ1n) is 10.2. The van der Waals surface area contributed by atoms with E-state index in [9.17, 15) is 4.79 Å². The van der Waals surface area contributed by atoms with Gasteiger partial charge in [-0.15, -0.1) is 0 Å². The number of nitrogens with zero attached hydrogens (tertiary/aromatic N) is 5. The van der Waals surface area contributed by atoms with Gasteiger partial charge in [-0.2, -0.15) is 15.0 Å². The van der Waals surface area contributed by atoms with Gasteiger partial charge in [0.2, 0.25) is 17.8 Å². The van der Waals surface area contributed by atoms with Crippen LogP contribution in [0.15, 0.2) is 30.3 Å². The monoisotopic (exact) mass is 397 g/mol. The van der Waals surface area contributed by atoms with Crippen molar-refractivity contribution in [1.82, 2.24) is 19.9 Å².